The van der Waals surface area contributed by atoms with Crippen LogP contribution in [0.1, 0.15) is 19.3 Å². The van der Waals surface area contributed by atoms with Crippen LogP contribution in [0.25, 0.3) is 0 Å². The van der Waals surface area contributed by atoms with E-state index in [1.54, 1.807) is 0 Å². The molecule has 0 aromatic carbocycles. The zero-order valence-corrected chi connectivity index (χ0v) is 17.0. The first-order valence-corrected chi connectivity index (χ1v) is 10.2. The monoisotopic (exact) mass is 410 g/mol. The van der Waals surface area contributed by atoms with Crippen LogP contribution in [-0.2, 0) is 37.9 Å². The third-order valence-corrected chi connectivity index (χ3v) is 3.76. The number of hydrogen-bond donors (Lipinski definition) is 1. The SMILES string of the molecule is OCCOCCOCCOCCOCCOCCOCCOC1CCCCO1. The molecule has 1 heterocycles. The molecule has 1 atom stereocenters. The summed E-state index contributed by atoms with van der Waals surface area (Å²) in [7, 11) is 0. The molecule has 1 fully saturated rings. The van der Waals surface area contributed by atoms with Crippen molar-refractivity contribution in [2.75, 3.05) is 99.1 Å². The van der Waals surface area contributed by atoms with Crippen LogP contribution in [0.2, 0.25) is 0 Å². The smallest absolute Gasteiger partial charge is 0.157 e. The average molecular weight is 411 g/mol. The van der Waals surface area contributed by atoms with E-state index in [1.165, 1.54) is 6.42 Å². The fraction of sp³-hybridized carbons (Fsp3) is 1.00. The Hall–Kier alpha value is -0.360. The highest BCUT2D eigenvalue weighted by molar-refractivity contribution is 4.53. The number of rotatable bonds is 21. The molecule has 168 valence electrons. The molecule has 9 heteroatoms. The molecule has 9 nitrogen and oxygen atoms in total. The van der Waals surface area contributed by atoms with E-state index in [2.05, 4.69) is 0 Å². The van der Waals surface area contributed by atoms with Crippen LogP contribution in [0.5, 0.6) is 0 Å². The molecule has 0 spiro atoms. The van der Waals surface area contributed by atoms with E-state index in [0.29, 0.717) is 85.9 Å². The molecule has 1 N–H and O–H groups in total. The predicted molar refractivity (Wildman–Crippen MR) is 102 cm³/mol. The van der Waals surface area contributed by atoms with Gasteiger partial charge in [-0.1, -0.05) is 0 Å². The van der Waals surface area contributed by atoms with Crippen LogP contribution < -0.4 is 0 Å². The molecular formula is C19H38O9. The molecule has 1 unspecified atom stereocenters. The van der Waals surface area contributed by atoms with Crippen molar-refractivity contribution in [2.45, 2.75) is 25.6 Å². The average Bonchev–Trinajstić information content (AvgIpc) is 2.73. The van der Waals surface area contributed by atoms with Crippen molar-refractivity contribution in [2.24, 2.45) is 0 Å². The summed E-state index contributed by atoms with van der Waals surface area (Å²) in [6.07, 6.45) is 3.22. The van der Waals surface area contributed by atoms with Crippen molar-refractivity contribution in [3.8, 4) is 0 Å². The van der Waals surface area contributed by atoms with E-state index in [0.717, 1.165) is 19.4 Å². The molecule has 0 aliphatic carbocycles. The Balaban J connectivity index is 1.64. The van der Waals surface area contributed by atoms with Gasteiger partial charge in [0.25, 0.3) is 0 Å². The number of aliphatic hydroxyl groups is 1. The molecule has 0 aromatic heterocycles. The lowest BCUT2D eigenvalue weighted by molar-refractivity contribution is -0.169. The highest BCUT2D eigenvalue weighted by Gasteiger charge is 2.13. The quantitative estimate of drug-likeness (QED) is 0.273. The number of ether oxygens (including phenoxy) is 8. The molecular weight excluding hydrogens is 372 g/mol. The van der Waals surface area contributed by atoms with Crippen molar-refractivity contribution in [3.63, 3.8) is 0 Å². The summed E-state index contributed by atoms with van der Waals surface area (Å²) in [5, 5.41) is 8.53. The van der Waals surface area contributed by atoms with Gasteiger partial charge in [0, 0.05) is 6.61 Å². The van der Waals surface area contributed by atoms with Gasteiger partial charge in [-0.15, -0.1) is 0 Å². The molecule has 0 amide bonds. The van der Waals surface area contributed by atoms with Gasteiger partial charge in [-0.05, 0) is 19.3 Å². The van der Waals surface area contributed by atoms with Crippen LogP contribution >= 0.6 is 0 Å². The molecule has 0 saturated carbocycles. The molecule has 0 aromatic rings. The van der Waals surface area contributed by atoms with Gasteiger partial charge in [0.2, 0.25) is 0 Å². The van der Waals surface area contributed by atoms with E-state index >= 15 is 0 Å². The zero-order chi connectivity index (χ0) is 20.0. The maximum absolute atomic E-state index is 8.53. The summed E-state index contributed by atoms with van der Waals surface area (Å²) >= 11 is 0. The first-order chi connectivity index (χ1) is 13.9. The van der Waals surface area contributed by atoms with Crippen LogP contribution in [0, 0.1) is 0 Å². The lowest BCUT2D eigenvalue weighted by atomic mass is 10.2. The van der Waals surface area contributed by atoms with Crippen LogP contribution in [-0.4, -0.2) is 110 Å². The first kappa shape index (κ1) is 25.7. The summed E-state index contributed by atoms with van der Waals surface area (Å²) in [6.45, 7) is 7.51. The van der Waals surface area contributed by atoms with E-state index in [9.17, 15) is 0 Å². The molecule has 28 heavy (non-hydrogen) atoms. The second kappa shape index (κ2) is 21.4. The Labute approximate surface area is 168 Å². The second-order valence-electron chi connectivity index (χ2n) is 6.06. The van der Waals surface area contributed by atoms with Crippen LogP contribution in [0.3, 0.4) is 0 Å². The van der Waals surface area contributed by atoms with E-state index in [4.69, 9.17) is 43.0 Å². The van der Waals surface area contributed by atoms with E-state index < -0.39 is 0 Å². The molecule has 1 rings (SSSR count). The van der Waals surface area contributed by atoms with Crippen molar-refractivity contribution >= 4 is 0 Å². The largest absolute Gasteiger partial charge is 0.394 e. The second-order valence-corrected chi connectivity index (χ2v) is 6.06. The van der Waals surface area contributed by atoms with Gasteiger partial charge in [-0.2, -0.15) is 0 Å². The lowest BCUT2D eigenvalue weighted by Crippen LogP contribution is -2.24. The zero-order valence-electron chi connectivity index (χ0n) is 17.0. The highest BCUT2D eigenvalue weighted by Crippen LogP contribution is 2.13. The standard InChI is InChI=1S/C19H38O9/c20-4-6-21-7-8-22-9-10-23-11-12-24-13-14-25-15-16-26-17-18-28-19-3-1-2-5-27-19/h19-20H,1-18H2. The van der Waals surface area contributed by atoms with Gasteiger partial charge in [0.05, 0.1) is 92.5 Å². The molecule has 1 aliphatic rings. The maximum Gasteiger partial charge on any atom is 0.157 e. The third kappa shape index (κ3) is 17.7. The Morgan fingerprint density at radius 3 is 1.39 bits per heavy atom. The number of hydrogen-bond acceptors (Lipinski definition) is 9. The Morgan fingerprint density at radius 2 is 1.00 bits per heavy atom. The molecule has 0 radical (unpaired) electrons. The lowest BCUT2D eigenvalue weighted by Gasteiger charge is -2.22. The van der Waals surface area contributed by atoms with Gasteiger partial charge in [-0.3, -0.25) is 0 Å². The van der Waals surface area contributed by atoms with Crippen LogP contribution in [0.15, 0.2) is 0 Å². The fourth-order valence-electron chi connectivity index (χ4n) is 2.35. The summed E-state index contributed by atoms with van der Waals surface area (Å²) in [4.78, 5) is 0. The number of aliphatic hydroxyl groups excluding tert-OH is 1. The highest BCUT2D eigenvalue weighted by atomic mass is 16.7. The van der Waals surface area contributed by atoms with Crippen molar-refractivity contribution < 1.29 is 43.0 Å². The normalized spacial score (nSPS) is 17.2. The summed E-state index contributed by atoms with van der Waals surface area (Å²) in [5.41, 5.74) is 0. The van der Waals surface area contributed by atoms with Crippen molar-refractivity contribution in [1.29, 1.82) is 0 Å². The van der Waals surface area contributed by atoms with Gasteiger partial charge >= 0.3 is 0 Å². The Bertz CT molecular complexity index is 301. The molecule has 1 aliphatic heterocycles. The molecule has 1 saturated heterocycles. The van der Waals surface area contributed by atoms with Crippen molar-refractivity contribution in [3.05, 3.63) is 0 Å². The Kier molecular flexibility index (Phi) is 19.6. The van der Waals surface area contributed by atoms with E-state index in [1.807, 2.05) is 0 Å². The first-order valence-electron chi connectivity index (χ1n) is 10.2. The Morgan fingerprint density at radius 1 is 0.571 bits per heavy atom. The topological polar surface area (TPSA) is 94.1 Å². The maximum atomic E-state index is 8.53. The van der Waals surface area contributed by atoms with Gasteiger partial charge in [0.15, 0.2) is 6.29 Å². The minimum atomic E-state index is -0.0563. The van der Waals surface area contributed by atoms with Gasteiger partial charge < -0.3 is 43.0 Å². The van der Waals surface area contributed by atoms with E-state index in [-0.39, 0.29) is 12.9 Å². The summed E-state index contributed by atoms with van der Waals surface area (Å²) in [5.74, 6) is 0. The summed E-state index contributed by atoms with van der Waals surface area (Å²) in [6, 6.07) is 0. The fourth-order valence-corrected chi connectivity index (χ4v) is 2.35. The molecule has 0 bridgehead atoms. The minimum Gasteiger partial charge on any atom is -0.394 e. The van der Waals surface area contributed by atoms with Crippen LogP contribution in [0.4, 0.5) is 0 Å². The van der Waals surface area contributed by atoms with Gasteiger partial charge in [-0.25, -0.2) is 0 Å². The predicted octanol–water partition coefficient (Wildman–Crippen LogP) is 0.622. The van der Waals surface area contributed by atoms with Crippen molar-refractivity contribution in [1.82, 2.24) is 0 Å². The van der Waals surface area contributed by atoms with Gasteiger partial charge in [0.1, 0.15) is 0 Å². The summed E-state index contributed by atoms with van der Waals surface area (Å²) < 4.78 is 43.1. The third-order valence-electron chi connectivity index (χ3n) is 3.76. The minimum absolute atomic E-state index is 0.0356.